The van der Waals surface area contributed by atoms with Gasteiger partial charge in [-0.15, -0.1) is 0 Å². The molecule has 2 aliphatic rings. The van der Waals surface area contributed by atoms with Crippen molar-refractivity contribution in [2.45, 2.75) is 36.8 Å². The molecular weight excluding hydrogens is 405 g/mol. The highest BCUT2D eigenvalue weighted by atomic mass is 19.4. The first-order chi connectivity index (χ1) is 14.8. The Bertz CT molecular complexity index is 998. The van der Waals surface area contributed by atoms with Crippen molar-refractivity contribution in [3.8, 4) is 0 Å². The maximum atomic E-state index is 13.1. The van der Waals surface area contributed by atoms with Crippen LogP contribution in [-0.4, -0.2) is 32.0 Å². The van der Waals surface area contributed by atoms with Gasteiger partial charge in [0.05, 0.1) is 5.56 Å². The lowest BCUT2D eigenvalue weighted by Crippen LogP contribution is -2.43. The van der Waals surface area contributed by atoms with Gasteiger partial charge in [-0.2, -0.15) is 13.2 Å². The highest BCUT2D eigenvalue weighted by molar-refractivity contribution is 5.94. The molecule has 164 valence electrons. The normalized spacial score (nSPS) is 19.9. The molecule has 1 aliphatic carbocycles. The number of hydrogen-bond donors (Lipinski definition) is 3. The van der Waals surface area contributed by atoms with E-state index in [1.165, 1.54) is 12.1 Å². The molecule has 1 fully saturated rings. The van der Waals surface area contributed by atoms with E-state index >= 15 is 0 Å². The lowest BCUT2D eigenvalue weighted by molar-refractivity contribution is -0.137. The number of nitrogens with zero attached hydrogens (tertiary/aromatic N) is 1. The Morgan fingerprint density at radius 3 is 2.65 bits per heavy atom. The lowest BCUT2D eigenvalue weighted by atomic mass is 9.90. The molecule has 1 heterocycles. The largest absolute Gasteiger partial charge is 0.416 e. The molecule has 2 aromatic rings. The van der Waals surface area contributed by atoms with Crippen molar-refractivity contribution in [2.24, 2.45) is 4.99 Å². The molecule has 5 nitrogen and oxygen atoms in total. The molecule has 4 rings (SSSR count). The molecule has 0 aromatic heterocycles. The van der Waals surface area contributed by atoms with Gasteiger partial charge < -0.3 is 16.0 Å². The van der Waals surface area contributed by atoms with Crippen LogP contribution >= 0.6 is 0 Å². The van der Waals surface area contributed by atoms with Crippen LogP contribution in [0.15, 0.2) is 53.5 Å². The van der Waals surface area contributed by atoms with E-state index in [0.717, 1.165) is 30.2 Å². The van der Waals surface area contributed by atoms with E-state index < -0.39 is 11.7 Å². The molecule has 31 heavy (non-hydrogen) atoms. The van der Waals surface area contributed by atoms with Gasteiger partial charge in [0, 0.05) is 43.6 Å². The summed E-state index contributed by atoms with van der Waals surface area (Å²) in [6.45, 7) is 1.02. The number of amides is 1. The first-order valence-electron chi connectivity index (χ1n) is 10.3. The van der Waals surface area contributed by atoms with E-state index in [1.54, 1.807) is 13.1 Å². The second kappa shape index (κ2) is 8.24. The zero-order chi connectivity index (χ0) is 22.1. The third kappa shape index (κ3) is 4.68. The third-order valence-corrected chi connectivity index (χ3v) is 6.10. The lowest BCUT2D eigenvalue weighted by Gasteiger charge is -2.27. The Morgan fingerprint density at radius 1 is 1.16 bits per heavy atom. The number of halogens is 3. The number of para-hydroxylation sites is 1. The van der Waals surface area contributed by atoms with Crippen molar-refractivity contribution in [1.29, 1.82) is 0 Å². The summed E-state index contributed by atoms with van der Waals surface area (Å²) >= 11 is 0. The maximum absolute atomic E-state index is 13.1. The topological polar surface area (TPSA) is 65.5 Å². The van der Waals surface area contributed by atoms with Crippen LogP contribution < -0.4 is 16.0 Å². The number of aliphatic imine (C=N–C) groups is 1. The molecule has 1 unspecified atom stereocenters. The Balaban J connectivity index is 1.38. The average Bonchev–Trinajstić information content (AvgIpc) is 3.54. The Hall–Kier alpha value is -3.03. The fourth-order valence-corrected chi connectivity index (χ4v) is 4.12. The molecule has 0 spiro atoms. The van der Waals surface area contributed by atoms with Gasteiger partial charge in [-0.3, -0.25) is 9.79 Å². The molecular formula is C23H25F3N4O. The maximum Gasteiger partial charge on any atom is 0.416 e. The summed E-state index contributed by atoms with van der Waals surface area (Å²) in [5.74, 6) is 0.568. The van der Waals surface area contributed by atoms with Gasteiger partial charge in [0.15, 0.2) is 5.96 Å². The number of carbonyl (C=O) groups excluding carboxylic acids is 1. The standard InChI is InChI=1S/C23H25F3N4O/c1-27-21(28-13-15-11-20(31)30-19-8-3-2-7-18(15)19)29-14-22(9-10-22)16-5-4-6-17(12-16)23(24,25)26/h2-8,12,15H,9-11,13-14H2,1H3,(H,30,31)(H2,27,28,29). The van der Waals surface area contributed by atoms with Crippen molar-refractivity contribution in [3.05, 3.63) is 65.2 Å². The minimum atomic E-state index is -4.35. The van der Waals surface area contributed by atoms with Crippen LogP contribution in [0.3, 0.4) is 0 Å². The fourth-order valence-electron chi connectivity index (χ4n) is 4.12. The molecule has 1 aliphatic heterocycles. The summed E-state index contributed by atoms with van der Waals surface area (Å²) in [4.78, 5) is 16.2. The van der Waals surface area contributed by atoms with E-state index in [1.807, 2.05) is 24.3 Å². The van der Waals surface area contributed by atoms with E-state index in [9.17, 15) is 18.0 Å². The number of carbonyl (C=O) groups is 1. The molecule has 0 bridgehead atoms. The number of alkyl halides is 3. The summed E-state index contributed by atoms with van der Waals surface area (Å²) in [6, 6.07) is 13.3. The van der Waals surface area contributed by atoms with Crippen molar-refractivity contribution >= 4 is 17.6 Å². The monoisotopic (exact) mass is 430 g/mol. The van der Waals surface area contributed by atoms with Crippen LogP contribution in [0.25, 0.3) is 0 Å². The zero-order valence-corrected chi connectivity index (χ0v) is 17.2. The number of benzene rings is 2. The van der Waals surface area contributed by atoms with Gasteiger partial charge in [-0.25, -0.2) is 0 Å². The second-order valence-electron chi connectivity index (χ2n) is 8.20. The van der Waals surface area contributed by atoms with Crippen LogP contribution in [0.2, 0.25) is 0 Å². The number of rotatable bonds is 5. The number of anilines is 1. The van der Waals surface area contributed by atoms with Gasteiger partial charge in [0.2, 0.25) is 5.91 Å². The summed E-state index contributed by atoms with van der Waals surface area (Å²) in [5.41, 5.74) is 1.68. The van der Waals surface area contributed by atoms with E-state index in [4.69, 9.17) is 0 Å². The first-order valence-corrected chi connectivity index (χ1v) is 10.3. The number of guanidine groups is 1. The second-order valence-corrected chi connectivity index (χ2v) is 8.20. The first kappa shape index (κ1) is 21.2. The molecule has 0 saturated heterocycles. The van der Waals surface area contributed by atoms with Crippen LogP contribution in [0.5, 0.6) is 0 Å². The van der Waals surface area contributed by atoms with E-state index in [-0.39, 0.29) is 17.2 Å². The van der Waals surface area contributed by atoms with Crippen LogP contribution in [-0.2, 0) is 16.4 Å². The minimum absolute atomic E-state index is 0.0156. The van der Waals surface area contributed by atoms with Gasteiger partial charge in [0.25, 0.3) is 0 Å². The van der Waals surface area contributed by atoms with Crippen LogP contribution in [0, 0.1) is 0 Å². The molecule has 0 radical (unpaired) electrons. The zero-order valence-electron chi connectivity index (χ0n) is 17.2. The van der Waals surface area contributed by atoms with Crippen molar-refractivity contribution in [1.82, 2.24) is 10.6 Å². The van der Waals surface area contributed by atoms with Gasteiger partial charge >= 0.3 is 6.18 Å². The van der Waals surface area contributed by atoms with Crippen molar-refractivity contribution < 1.29 is 18.0 Å². The Morgan fingerprint density at radius 2 is 1.94 bits per heavy atom. The minimum Gasteiger partial charge on any atom is -0.356 e. The van der Waals surface area contributed by atoms with Crippen LogP contribution in [0.4, 0.5) is 18.9 Å². The van der Waals surface area contributed by atoms with E-state index in [0.29, 0.717) is 31.0 Å². The van der Waals surface area contributed by atoms with Gasteiger partial charge in [-0.1, -0.05) is 36.4 Å². The quantitative estimate of drug-likeness (QED) is 0.496. The average molecular weight is 430 g/mol. The smallest absolute Gasteiger partial charge is 0.356 e. The van der Waals surface area contributed by atoms with E-state index in [2.05, 4.69) is 20.9 Å². The fraction of sp³-hybridized carbons (Fsp3) is 0.391. The predicted octanol–water partition coefficient (Wildman–Crippen LogP) is 4.03. The molecule has 1 saturated carbocycles. The number of hydrogen-bond acceptors (Lipinski definition) is 2. The van der Waals surface area contributed by atoms with Crippen molar-refractivity contribution in [2.75, 3.05) is 25.5 Å². The molecule has 8 heteroatoms. The Kier molecular flexibility index (Phi) is 5.64. The Labute approximate surface area is 179 Å². The summed E-state index contributed by atoms with van der Waals surface area (Å²) in [6.07, 6.45) is -2.31. The summed E-state index contributed by atoms with van der Waals surface area (Å²) in [7, 11) is 1.65. The molecule has 3 N–H and O–H groups in total. The molecule has 2 aromatic carbocycles. The van der Waals surface area contributed by atoms with Gasteiger partial charge in [-0.05, 0) is 36.1 Å². The van der Waals surface area contributed by atoms with Crippen LogP contribution in [0.1, 0.15) is 41.9 Å². The SMILES string of the molecule is CN=C(NCC1CC(=O)Nc2ccccc21)NCC1(c2cccc(C(F)(F)F)c2)CC1. The van der Waals surface area contributed by atoms with Gasteiger partial charge in [0.1, 0.15) is 0 Å². The predicted molar refractivity (Wildman–Crippen MR) is 114 cm³/mol. The molecule has 1 amide bonds. The highest BCUT2D eigenvalue weighted by Crippen LogP contribution is 2.48. The number of nitrogens with one attached hydrogen (secondary N) is 3. The third-order valence-electron chi connectivity index (χ3n) is 6.10. The molecule has 1 atom stereocenters. The van der Waals surface area contributed by atoms with Crippen molar-refractivity contribution in [3.63, 3.8) is 0 Å². The summed E-state index contributed by atoms with van der Waals surface area (Å²) in [5, 5.41) is 9.41. The highest BCUT2D eigenvalue weighted by Gasteiger charge is 2.45. The number of fused-ring (bicyclic) bond motifs is 1. The summed E-state index contributed by atoms with van der Waals surface area (Å²) < 4.78 is 39.2.